The topological polar surface area (TPSA) is 55.8 Å². The Morgan fingerprint density at radius 2 is 2.06 bits per heavy atom. The van der Waals surface area contributed by atoms with Gasteiger partial charge in [0.05, 0.1) is 20.3 Å². The number of ether oxygens (including phenoxy) is 2. The lowest BCUT2D eigenvalue weighted by atomic mass is 9.75. The summed E-state index contributed by atoms with van der Waals surface area (Å²) < 4.78 is 10.4. The van der Waals surface area contributed by atoms with Crippen molar-refractivity contribution in [3.8, 4) is 5.75 Å². The van der Waals surface area contributed by atoms with Gasteiger partial charge < -0.3 is 14.6 Å². The van der Waals surface area contributed by atoms with E-state index in [1.807, 2.05) is 24.3 Å². The largest absolute Gasteiger partial charge is 0.497 e. The summed E-state index contributed by atoms with van der Waals surface area (Å²) in [5, 5.41) is 8.76. The normalized spacial score (nSPS) is 17.2. The molecule has 1 heterocycles. The van der Waals surface area contributed by atoms with Gasteiger partial charge in [0.25, 0.3) is 0 Å². The van der Waals surface area contributed by atoms with Gasteiger partial charge in [0.15, 0.2) is 0 Å². The standard InChI is InChI=1S/C13H16O4/c1-16-11-4-2-10(3-5-11)13(8-17-9-13)7-6-12(14)15/h2-5H,6-9H2,1H3,(H,14,15). The van der Waals surface area contributed by atoms with Gasteiger partial charge in [-0.25, -0.2) is 0 Å². The van der Waals surface area contributed by atoms with Crippen LogP contribution in [0.1, 0.15) is 18.4 Å². The molecular formula is C13H16O4. The summed E-state index contributed by atoms with van der Waals surface area (Å²) in [6.45, 7) is 1.21. The van der Waals surface area contributed by atoms with Gasteiger partial charge in [-0.15, -0.1) is 0 Å². The molecule has 1 aromatic rings. The number of methoxy groups -OCH3 is 1. The molecule has 2 rings (SSSR count). The zero-order valence-electron chi connectivity index (χ0n) is 9.81. The van der Waals surface area contributed by atoms with Crippen molar-refractivity contribution in [1.82, 2.24) is 0 Å². The van der Waals surface area contributed by atoms with E-state index in [-0.39, 0.29) is 11.8 Å². The second-order valence-electron chi connectivity index (χ2n) is 4.40. The van der Waals surface area contributed by atoms with E-state index in [2.05, 4.69) is 0 Å². The van der Waals surface area contributed by atoms with Crippen LogP contribution < -0.4 is 4.74 Å². The molecule has 0 aromatic heterocycles. The number of aliphatic carboxylic acids is 1. The number of rotatable bonds is 5. The van der Waals surface area contributed by atoms with Crippen LogP contribution >= 0.6 is 0 Å². The van der Waals surface area contributed by atoms with Gasteiger partial charge >= 0.3 is 5.97 Å². The smallest absolute Gasteiger partial charge is 0.303 e. The molecule has 1 N–H and O–H groups in total. The van der Waals surface area contributed by atoms with Gasteiger partial charge in [-0.3, -0.25) is 4.79 Å². The molecule has 0 spiro atoms. The van der Waals surface area contributed by atoms with Crippen molar-refractivity contribution in [2.45, 2.75) is 18.3 Å². The van der Waals surface area contributed by atoms with E-state index >= 15 is 0 Å². The average molecular weight is 236 g/mol. The Hall–Kier alpha value is -1.55. The highest BCUT2D eigenvalue weighted by atomic mass is 16.5. The molecule has 1 saturated heterocycles. The molecule has 0 aliphatic carbocycles. The third-order valence-electron chi connectivity index (χ3n) is 3.28. The lowest BCUT2D eigenvalue weighted by molar-refractivity contribution is -0.139. The summed E-state index contributed by atoms with van der Waals surface area (Å²) in [7, 11) is 1.63. The van der Waals surface area contributed by atoms with Crippen molar-refractivity contribution in [1.29, 1.82) is 0 Å². The number of carboxylic acid groups (broad SMARTS) is 1. The van der Waals surface area contributed by atoms with Crippen LogP contribution in [-0.2, 0) is 14.9 Å². The third kappa shape index (κ3) is 2.42. The van der Waals surface area contributed by atoms with Gasteiger partial charge in [0.1, 0.15) is 5.75 Å². The van der Waals surface area contributed by atoms with Crippen LogP contribution in [0.2, 0.25) is 0 Å². The average Bonchev–Trinajstić information content (AvgIpc) is 2.28. The summed E-state index contributed by atoms with van der Waals surface area (Å²) in [5.41, 5.74) is 1.01. The van der Waals surface area contributed by atoms with Crippen molar-refractivity contribution in [3.63, 3.8) is 0 Å². The van der Waals surface area contributed by atoms with Gasteiger partial charge in [0, 0.05) is 11.8 Å². The Morgan fingerprint density at radius 3 is 2.47 bits per heavy atom. The summed E-state index contributed by atoms with van der Waals surface area (Å²) in [6.07, 6.45) is 0.796. The molecule has 1 aromatic carbocycles. The Labute approximate surface area is 100 Å². The fourth-order valence-corrected chi connectivity index (χ4v) is 2.09. The van der Waals surface area contributed by atoms with E-state index in [1.54, 1.807) is 7.11 Å². The first-order chi connectivity index (χ1) is 8.16. The number of hydrogen-bond acceptors (Lipinski definition) is 3. The zero-order chi connectivity index (χ0) is 12.3. The van der Waals surface area contributed by atoms with Crippen molar-refractivity contribution < 1.29 is 19.4 Å². The zero-order valence-corrected chi connectivity index (χ0v) is 9.81. The lowest BCUT2D eigenvalue weighted by Gasteiger charge is -2.42. The Bertz CT molecular complexity index is 392. The summed E-state index contributed by atoms with van der Waals surface area (Å²) >= 11 is 0. The fraction of sp³-hybridized carbons (Fsp3) is 0.462. The van der Waals surface area contributed by atoms with Crippen LogP contribution in [0.5, 0.6) is 5.75 Å². The van der Waals surface area contributed by atoms with Crippen LogP contribution in [0.15, 0.2) is 24.3 Å². The first-order valence-corrected chi connectivity index (χ1v) is 5.60. The molecule has 0 amide bonds. The van der Waals surface area contributed by atoms with E-state index in [4.69, 9.17) is 14.6 Å². The second-order valence-corrected chi connectivity index (χ2v) is 4.40. The maximum absolute atomic E-state index is 10.7. The predicted molar refractivity (Wildman–Crippen MR) is 62.4 cm³/mol. The monoisotopic (exact) mass is 236 g/mol. The Balaban J connectivity index is 2.13. The predicted octanol–water partition coefficient (Wildman–Crippen LogP) is 1.83. The molecule has 0 unspecified atom stereocenters. The Morgan fingerprint density at radius 1 is 1.41 bits per heavy atom. The van der Waals surface area contributed by atoms with E-state index in [0.29, 0.717) is 19.6 Å². The minimum Gasteiger partial charge on any atom is -0.497 e. The summed E-state index contributed by atoms with van der Waals surface area (Å²) in [6, 6.07) is 7.78. The number of carboxylic acids is 1. The molecule has 4 heteroatoms. The van der Waals surface area contributed by atoms with Crippen LogP contribution in [0.4, 0.5) is 0 Å². The summed E-state index contributed by atoms with van der Waals surface area (Å²) in [5.74, 6) is 0.0483. The molecular weight excluding hydrogens is 220 g/mol. The number of carbonyl (C=O) groups is 1. The highest BCUT2D eigenvalue weighted by molar-refractivity contribution is 5.67. The van der Waals surface area contributed by atoms with Crippen LogP contribution in [-0.4, -0.2) is 31.4 Å². The molecule has 1 fully saturated rings. The number of hydrogen-bond donors (Lipinski definition) is 1. The van der Waals surface area contributed by atoms with Crippen LogP contribution in [0, 0.1) is 0 Å². The molecule has 4 nitrogen and oxygen atoms in total. The van der Waals surface area contributed by atoms with Crippen molar-refractivity contribution >= 4 is 5.97 Å². The molecule has 1 aliphatic rings. The Kier molecular flexibility index (Phi) is 3.33. The lowest BCUT2D eigenvalue weighted by Crippen LogP contribution is -2.47. The van der Waals surface area contributed by atoms with Gasteiger partial charge in [-0.2, -0.15) is 0 Å². The highest BCUT2D eigenvalue weighted by Gasteiger charge is 2.40. The molecule has 17 heavy (non-hydrogen) atoms. The molecule has 1 aliphatic heterocycles. The second kappa shape index (κ2) is 4.75. The van der Waals surface area contributed by atoms with E-state index < -0.39 is 5.97 Å². The maximum Gasteiger partial charge on any atom is 0.303 e. The minimum atomic E-state index is -0.759. The van der Waals surface area contributed by atoms with Crippen LogP contribution in [0.25, 0.3) is 0 Å². The van der Waals surface area contributed by atoms with E-state index in [9.17, 15) is 4.79 Å². The fourth-order valence-electron chi connectivity index (χ4n) is 2.09. The maximum atomic E-state index is 10.7. The van der Waals surface area contributed by atoms with E-state index in [1.165, 1.54) is 0 Å². The van der Waals surface area contributed by atoms with Crippen LogP contribution in [0.3, 0.4) is 0 Å². The third-order valence-corrected chi connectivity index (χ3v) is 3.28. The molecule has 92 valence electrons. The van der Waals surface area contributed by atoms with Gasteiger partial charge in [-0.05, 0) is 24.1 Å². The quantitative estimate of drug-likeness (QED) is 0.847. The summed E-state index contributed by atoms with van der Waals surface area (Å²) in [4.78, 5) is 10.7. The first kappa shape index (κ1) is 11.9. The van der Waals surface area contributed by atoms with Crippen molar-refractivity contribution in [2.75, 3.05) is 20.3 Å². The van der Waals surface area contributed by atoms with Gasteiger partial charge in [0.2, 0.25) is 0 Å². The molecule has 0 bridgehead atoms. The molecule has 0 radical (unpaired) electrons. The highest BCUT2D eigenvalue weighted by Crippen LogP contribution is 2.37. The molecule has 0 saturated carbocycles. The van der Waals surface area contributed by atoms with Crippen molar-refractivity contribution in [2.24, 2.45) is 0 Å². The van der Waals surface area contributed by atoms with E-state index in [0.717, 1.165) is 11.3 Å². The first-order valence-electron chi connectivity index (χ1n) is 5.60. The molecule has 0 atom stereocenters. The minimum absolute atomic E-state index is 0.120. The van der Waals surface area contributed by atoms with Gasteiger partial charge in [-0.1, -0.05) is 12.1 Å². The van der Waals surface area contributed by atoms with Crippen molar-refractivity contribution in [3.05, 3.63) is 29.8 Å². The SMILES string of the molecule is COc1ccc(C2(CCC(=O)O)COC2)cc1. The number of benzene rings is 1.